The van der Waals surface area contributed by atoms with Crippen LogP contribution in [-0.2, 0) is 0 Å². The number of hydrogen-bond acceptors (Lipinski definition) is 4. The fourth-order valence-electron chi connectivity index (χ4n) is 0.839. The van der Waals surface area contributed by atoms with E-state index in [1.807, 2.05) is 0 Å². The number of halogens is 1. The highest BCUT2D eigenvalue weighted by Gasteiger charge is 2.01. The van der Waals surface area contributed by atoms with Gasteiger partial charge in [0.15, 0.2) is 0 Å². The number of carboxylic acid groups (broad SMARTS) is 2. The summed E-state index contributed by atoms with van der Waals surface area (Å²) in [6, 6.07) is 5.14. The minimum atomic E-state index is -1.52. The van der Waals surface area contributed by atoms with Gasteiger partial charge >= 0.3 is 0 Å². The number of hydrogen-bond donors (Lipinski definition) is 0. The normalized spacial score (nSPS) is 8.62. The van der Waals surface area contributed by atoms with Gasteiger partial charge in [0.2, 0.25) is 0 Å². The minimum absolute atomic E-state index is 0. The topological polar surface area (TPSA) is 80.3 Å². The molecule has 0 aliphatic rings. The fourth-order valence-corrected chi connectivity index (χ4v) is 0.839. The Kier molecular flexibility index (Phi) is 3.94. The Hall–Kier alpha value is -1.55. The van der Waals surface area contributed by atoms with E-state index in [0.29, 0.717) is 0 Å². The third kappa shape index (κ3) is 2.45. The zero-order valence-electron chi connectivity index (χ0n) is 6.32. The Morgan fingerprint density at radius 2 is 1.23 bits per heavy atom. The average molecular weight is 200 g/mol. The lowest BCUT2D eigenvalue weighted by atomic mass is 10.1. The van der Waals surface area contributed by atoms with Crippen molar-refractivity contribution in [1.82, 2.24) is 0 Å². The molecule has 0 aliphatic carbocycles. The maximum atomic E-state index is 10.3. The van der Waals surface area contributed by atoms with E-state index in [2.05, 4.69) is 0 Å². The van der Waals surface area contributed by atoms with Crippen molar-refractivity contribution >= 4 is 11.9 Å². The maximum absolute atomic E-state index is 10.3. The van der Waals surface area contributed by atoms with Crippen molar-refractivity contribution in [2.45, 2.75) is 0 Å². The molecule has 0 amide bonds. The highest BCUT2D eigenvalue weighted by atomic mass is 35.5. The second-order valence-electron chi connectivity index (χ2n) is 2.12. The molecule has 0 saturated heterocycles. The molecule has 4 nitrogen and oxygen atoms in total. The first-order valence-electron chi connectivity index (χ1n) is 3.14. The number of rotatable bonds is 2. The molecule has 1 aromatic rings. The van der Waals surface area contributed by atoms with E-state index < -0.39 is 11.9 Å². The molecule has 1 aromatic carbocycles. The van der Waals surface area contributed by atoms with Crippen LogP contribution < -0.4 is 22.6 Å². The molecule has 0 spiro atoms. The number of carbonyl (C=O) groups excluding carboxylic acids is 2. The van der Waals surface area contributed by atoms with Crippen LogP contribution in [0.4, 0.5) is 0 Å². The Balaban J connectivity index is 0.00000144. The van der Waals surface area contributed by atoms with Crippen LogP contribution >= 0.6 is 0 Å². The van der Waals surface area contributed by atoms with Gasteiger partial charge in [0.25, 0.3) is 0 Å². The summed E-state index contributed by atoms with van der Waals surface area (Å²) in [5.41, 5.74) is -0.727. The van der Waals surface area contributed by atoms with Gasteiger partial charge < -0.3 is 32.2 Å². The molecule has 0 fully saturated rings. The summed E-state index contributed by atoms with van der Waals surface area (Å²) in [7, 11) is 0. The number of carboxylic acids is 2. The number of benzene rings is 1. The summed E-state index contributed by atoms with van der Waals surface area (Å²) < 4.78 is 0. The van der Waals surface area contributed by atoms with E-state index in [1.54, 1.807) is 0 Å². The number of carbonyl (C=O) groups is 2. The smallest absolute Gasteiger partial charge is 0.0721 e. The molecule has 0 atom stereocenters. The van der Waals surface area contributed by atoms with Crippen molar-refractivity contribution in [2.24, 2.45) is 0 Å². The van der Waals surface area contributed by atoms with Crippen molar-refractivity contribution in [3.63, 3.8) is 0 Å². The molecule has 1 rings (SSSR count). The Bertz CT molecular complexity index is 302. The third-order valence-corrected chi connectivity index (χ3v) is 1.37. The van der Waals surface area contributed by atoms with Crippen molar-refractivity contribution in [1.29, 1.82) is 0 Å². The van der Waals surface area contributed by atoms with Gasteiger partial charge in [-0.1, -0.05) is 24.3 Å². The third-order valence-electron chi connectivity index (χ3n) is 1.37. The highest BCUT2D eigenvalue weighted by Crippen LogP contribution is 2.05. The molecule has 70 valence electrons. The van der Waals surface area contributed by atoms with E-state index in [4.69, 9.17) is 0 Å². The highest BCUT2D eigenvalue weighted by molar-refractivity contribution is 5.99. The second kappa shape index (κ2) is 4.47. The van der Waals surface area contributed by atoms with Crippen LogP contribution in [0, 0.1) is 0 Å². The first-order valence-corrected chi connectivity index (χ1v) is 3.14. The van der Waals surface area contributed by atoms with Crippen LogP contribution in [0.2, 0.25) is 0 Å². The predicted molar refractivity (Wildman–Crippen MR) is 35.1 cm³/mol. The van der Waals surface area contributed by atoms with Crippen molar-refractivity contribution < 1.29 is 32.2 Å². The summed E-state index contributed by atoms with van der Waals surface area (Å²) in [5.74, 6) is -3.04. The molecular formula is C8H4ClO4-3. The molecule has 0 N–H and O–H groups in total. The fraction of sp³-hybridized carbons (Fsp3) is 0. The van der Waals surface area contributed by atoms with Crippen LogP contribution in [0.15, 0.2) is 24.3 Å². The van der Waals surface area contributed by atoms with E-state index in [-0.39, 0.29) is 23.5 Å². The van der Waals surface area contributed by atoms with Gasteiger partial charge in [0.1, 0.15) is 0 Å². The molecule has 0 aromatic heterocycles. The second-order valence-corrected chi connectivity index (χ2v) is 2.12. The molecule has 0 heterocycles. The molecule has 13 heavy (non-hydrogen) atoms. The molecule has 0 bridgehead atoms. The van der Waals surface area contributed by atoms with Crippen LogP contribution in [0.1, 0.15) is 20.7 Å². The quantitative estimate of drug-likeness (QED) is 0.480. The number of aromatic carboxylic acids is 2. The monoisotopic (exact) mass is 199 g/mol. The molecule has 0 radical (unpaired) electrons. The van der Waals surface area contributed by atoms with Gasteiger partial charge in [-0.15, -0.1) is 0 Å². The molecule has 0 aliphatic heterocycles. The molecule has 0 saturated carbocycles. The van der Waals surface area contributed by atoms with E-state index in [1.165, 1.54) is 12.1 Å². The van der Waals surface area contributed by atoms with Crippen molar-refractivity contribution in [3.05, 3.63) is 35.4 Å². The SMILES string of the molecule is O=C([O-])c1ccccc1C(=O)[O-].[Cl-]. The summed E-state index contributed by atoms with van der Waals surface area (Å²) in [6.45, 7) is 0. The maximum Gasteiger partial charge on any atom is 0.0721 e. The molecule has 5 heteroatoms. The zero-order valence-corrected chi connectivity index (χ0v) is 7.08. The van der Waals surface area contributed by atoms with Gasteiger partial charge in [-0.2, -0.15) is 0 Å². The Labute approximate surface area is 80.2 Å². The van der Waals surface area contributed by atoms with Crippen LogP contribution in [0.3, 0.4) is 0 Å². The van der Waals surface area contributed by atoms with Crippen LogP contribution in [0.5, 0.6) is 0 Å². The van der Waals surface area contributed by atoms with E-state index in [9.17, 15) is 19.8 Å². The summed E-state index contributed by atoms with van der Waals surface area (Å²) in [4.78, 5) is 20.6. The van der Waals surface area contributed by atoms with Gasteiger partial charge in [0, 0.05) is 11.1 Å². The predicted octanol–water partition coefficient (Wildman–Crippen LogP) is -4.58. The van der Waals surface area contributed by atoms with E-state index in [0.717, 1.165) is 12.1 Å². The summed E-state index contributed by atoms with van der Waals surface area (Å²) >= 11 is 0. The first-order chi connectivity index (χ1) is 5.63. The molecule has 0 unspecified atom stereocenters. The Morgan fingerprint density at radius 1 is 0.923 bits per heavy atom. The standard InChI is InChI=1S/C8H6O4.ClH/c9-7(10)5-3-1-2-4-6(5)8(11)12;/h1-4H,(H,9,10)(H,11,12);1H/p-3. The average Bonchev–Trinajstić information content (AvgIpc) is 2.04. The summed E-state index contributed by atoms with van der Waals surface area (Å²) in [6.07, 6.45) is 0. The van der Waals surface area contributed by atoms with Crippen LogP contribution in [-0.4, -0.2) is 11.9 Å². The lowest BCUT2D eigenvalue weighted by molar-refractivity contribution is -0.259. The molecular weight excluding hydrogens is 196 g/mol. The first kappa shape index (κ1) is 11.4. The van der Waals surface area contributed by atoms with Crippen molar-refractivity contribution in [2.75, 3.05) is 0 Å². The minimum Gasteiger partial charge on any atom is -1.00 e. The summed E-state index contributed by atoms with van der Waals surface area (Å²) in [5, 5.41) is 20.6. The van der Waals surface area contributed by atoms with Gasteiger partial charge in [-0.3, -0.25) is 0 Å². The van der Waals surface area contributed by atoms with Crippen LogP contribution in [0.25, 0.3) is 0 Å². The lowest BCUT2D eigenvalue weighted by Gasteiger charge is -2.09. The van der Waals surface area contributed by atoms with Gasteiger partial charge in [-0.05, 0) is 0 Å². The Morgan fingerprint density at radius 3 is 1.46 bits per heavy atom. The lowest BCUT2D eigenvalue weighted by Crippen LogP contribution is -3.00. The van der Waals surface area contributed by atoms with Gasteiger partial charge in [-0.25, -0.2) is 0 Å². The zero-order chi connectivity index (χ0) is 9.14. The van der Waals surface area contributed by atoms with Crippen molar-refractivity contribution in [3.8, 4) is 0 Å². The van der Waals surface area contributed by atoms with E-state index >= 15 is 0 Å². The van der Waals surface area contributed by atoms with Gasteiger partial charge in [0.05, 0.1) is 11.9 Å². The largest absolute Gasteiger partial charge is 1.00 e.